The fourth-order valence-corrected chi connectivity index (χ4v) is 3.73. The molecule has 116 valence electrons. The van der Waals surface area contributed by atoms with Gasteiger partial charge < -0.3 is 15.0 Å². The Morgan fingerprint density at radius 2 is 2.10 bits per heavy atom. The van der Waals surface area contributed by atoms with Gasteiger partial charge in [0.1, 0.15) is 0 Å². The second-order valence-electron chi connectivity index (χ2n) is 6.94. The maximum atomic E-state index is 6.18. The minimum atomic E-state index is 0.0618. The first-order valence-corrected chi connectivity index (χ1v) is 8.34. The lowest BCUT2D eigenvalue weighted by Crippen LogP contribution is -2.40. The zero-order valence-electron chi connectivity index (χ0n) is 13.6. The molecule has 3 rings (SSSR count). The van der Waals surface area contributed by atoms with Crippen molar-refractivity contribution in [3.8, 4) is 0 Å². The maximum absolute atomic E-state index is 6.18. The van der Waals surface area contributed by atoms with Crippen molar-refractivity contribution in [2.45, 2.75) is 57.8 Å². The molecule has 2 aliphatic heterocycles. The summed E-state index contributed by atoms with van der Waals surface area (Å²) in [6, 6.07) is 9.35. The average Bonchev–Trinajstić information content (AvgIpc) is 2.81. The van der Waals surface area contributed by atoms with E-state index in [0.29, 0.717) is 12.1 Å². The van der Waals surface area contributed by atoms with E-state index in [1.165, 1.54) is 30.5 Å². The molecular formula is C18H28N2O. The number of rotatable bonds is 4. The molecule has 1 fully saturated rings. The lowest BCUT2D eigenvalue weighted by Gasteiger charge is -2.37. The summed E-state index contributed by atoms with van der Waals surface area (Å²) < 4.78 is 6.18. The van der Waals surface area contributed by atoms with Gasteiger partial charge in [-0.1, -0.05) is 25.1 Å². The summed E-state index contributed by atoms with van der Waals surface area (Å²) in [6.07, 6.45) is 3.92. The van der Waals surface area contributed by atoms with Gasteiger partial charge in [-0.15, -0.1) is 0 Å². The summed E-state index contributed by atoms with van der Waals surface area (Å²) in [5.41, 5.74) is 2.90. The van der Waals surface area contributed by atoms with Crippen molar-refractivity contribution in [3.05, 3.63) is 29.8 Å². The molecule has 1 aromatic rings. The largest absolute Gasteiger partial charge is 0.371 e. The summed E-state index contributed by atoms with van der Waals surface area (Å²) in [5, 5.41) is 3.61. The van der Waals surface area contributed by atoms with Gasteiger partial charge >= 0.3 is 0 Å². The highest BCUT2D eigenvalue weighted by atomic mass is 16.5. The van der Waals surface area contributed by atoms with Crippen molar-refractivity contribution < 1.29 is 4.74 Å². The maximum Gasteiger partial charge on any atom is 0.0758 e. The summed E-state index contributed by atoms with van der Waals surface area (Å²) in [7, 11) is 0. The fraction of sp³-hybridized carbons (Fsp3) is 0.667. The third-order valence-electron chi connectivity index (χ3n) is 4.77. The highest BCUT2D eigenvalue weighted by molar-refractivity contribution is 5.57. The van der Waals surface area contributed by atoms with Crippen LogP contribution in [-0.2, 0) is 4.74 Å². The number of hydrogen-bond acceptors (Lipinski definition) is 3. The van der Waals surface area contributed by atoms with Crippen molar-refractivity contribution in [2.75, 3.05) is 24.5 Å². The van der Waals surface area contributed by atoms with Gasteiger partial charge in [0.15, 0.2) is 0 Å². The monoisotopic (exact) mass is 288 g/mol. The SMILES string of the molecule is CCNC1CCN(CC2CCC(C)(C)O2)c2ccccc21. The molecule has 2 unspecified atom stereocenters. The van der Waals surface area contributed by atoms with Crippen LogP contribution in [0.4, 0.5) is 5.69 Å². The number of para-hydroxylation sites is 1. The first kappa shape index (κ1) is 14.9. The molecule has 1 saturated heterocycles. The zero-order valence-corrected chi connectivity index (χ0v) is 13.6. The molecule has 0 aliphatic carbocycles. The fourth-order valence-electron chi connectivity index (χ4n) is 3.73. The summed E-state index contributed by atoms with van der Waals surface area (Å²) in [6.45, 7) is 9.77. The van der Waals surface area contributed by atoms with Gasteiger partial charge in [-0.2, -0.15) is 0 Å². The first-order chi connectivity index (χ1) is 10.1. The number of nitrogens with one attached hydrogen (secondary N) is 1. The molecule has 1 N–H and O–H groups in total. The van der Waals surface area contributed by atoms with Crippen LogP contribution in [0.15, 0.2) is 24.3 Å². The Kier molecular flexibility index (Phi) is 4.23. The summed E-state index contributed by atoms with van der Waals surface area (Å²) in [4.78, 5) is 2.52. The predicted octanol–water partition coefficient (Wildman–Crippen LogP) is 3.50. The highest BCUT2D eigenvalue weighted by Gasteiger charge is 2.34. The Balaban J connectivity index is 1.74. The molecule has 0 amide bonds. The molecule has 2 aliphatic rings. The van der Waals surface area contributed by atoms with Crippen molar-refractivity contribution in [3.63, 3.8) is 0 Å². The third kappa shape index (κ3) is 3.24. The molecule has 0 saturated carbocycles. The Hall–Kier alpha value is -1.06. The summed E-state index contributed by atoms with van der Waals surface area (Å²) in [5.74, 6) is 0. The van der Waals surface area contributed by atoms with Crippen LogP contribution in [0.2, 0.25) is 0 Å². The van der Waals surface area contributed by atoms with E-state index in [-0.39, 0.29) is 5.60 Å². The highest BCUT2D eigenvalue weighted by Crippen LogP contribution is 2.36. The minimum absolute atomic E-state index is 0.0618. The Labute approximate surface area is 128 Å². The Bertz CT molecular complexity index is 486. The van der Waals surface area contributed by atoms with Crippen LogP contribution in [-0.4, -0.2) is 31.3 Å². The van der Waals surface area contributed by atoms with Crippen LogP contribution in [0.25, 0.3) is 0 Å². The second-order valence-corrected chi connectivity index (χ2v) is 6.94. The molecule has 3 heteroatoms. The van der Waals surface area contributed by atoms with Gasteiger partial charge in [0.2, 0.25) is 0 Å². The number of anilines is 1. The van der Waals surface area contributed by atoms with E-state index >= 15 is 0 Å². The van der Waals surface area contributed by atoms with E-state index in [0.717, 1.165) is 19.6 Å². The predicted molar refractivity (Wildman–Crippen MR) is 87.9 cm³/mol. The van der Waals surface area contributed by atoms with Crippen LogP contribution in [0, 0.1) is 0 Å². The third-order valence-corrected chi connectivity index (χ3v) is 4.77. The zero-order chi connectivity index (χ0) is 14.9. The van der Waals surface area contributed by atoms with Crippen molar-refractivity contribution in [1.29, 1.82) is 0 Å². The van der Waals surface area contributed by atoms with Crippen LogP contribution in [0.5, 0.6) is 0 Å². The smallest absolute Gasteiger partial charge is 0.0758 e. The van der Waals surface area contributed by atoms with Crippen LogP contribution < -0.4 is 10.2 Å². The first-order valence-electron chi connectivity index (χ1n) is 8.34. The molecule has 0 aromatic heterocycles. The molecule has 0 spiro atoms. The number of fused-ring (bicyclic) bond motifs is 1. The van der Waals surface area contributed by atoms with E-state index < -0.39 is 0 Å². The van der Waals surface area contributed by atoms with Crippen LogP contribution in [0.3, 0.4) is 0 Å². The molecular weight excluding hydrogens is 260 g/mol. The number of nitrogens with zero attached hydrogens (tertiary/aromatic N) is 1. The van der Waals surface area contributed by atoms with Gasteiger partial charge in [-0.25, -0.2) is 0 Å². The van der Waals surface area contributed by atoms with Gasteiger partial charge in [-0.3, -0.25) is 0 Å². The van der Waals surface area contributed by atoms with Crippen molar-refractivity contribution >= 4 is 5.69 Å². The Morgan fingerprint density at radius 1 is 1.29 bits per heavy atom. The lowest BCUT2D eigenvalue weighted by molar-refractivity contribution is -0.0117. The number of benzene rings is 1. The molecule has 21 heavy (non-hydrogen) atoms. The Morgan fingerprint density at radius 3 is 2.81 bits per heavy atom. The van der Waals surface area contributed by atoms with Crippen LogP contribution >= 0.6 is 0 Å². The van der Waals surface area contributed by atoms with E-state index in [2.05, 4.69) is 55.3 Å². The normalized spacial score (nSPS) is 27.7. The van der Waals surface area contributed by atoms with Gasteiger partial charge in [-0.05, 0) is 51.3 Å². The quantitative estimate of drug-likeness (QED) is 0.917. The topological polar surface area (TPSA) is 24.5 Å². The minimum Gasteiger partial charge on any atom is -0.371 e. The average molecular weight is 288 g/mol. The van der Waals surface area contributed by atoms with E-state index in [1.54, 1.807) is 0 Å². The standard InChI is InChI=1S/C18H28N2O/c1-4-19-16-10-12-20(17-8-6-5-7-15(16)17)13-14-9-11-18(2,3)21-14/h5-8,14,16,19H,4,9-13H2,1-3H3. The molecule has 0 bridgehead atoms. The van der Waals surface area contributed by atoms with Crippen molar-refractivity contribution in [1.82, 2.24) is 5.32 Å². The molecule has 2 atom stereocenters. The van der Waals surface area contributed by atoms with E-state index in [4.69, 9.17) is 4.74 Å². The summed E-state index contributed by atoms with van der Waals surface area (Å²) >= 11 is 0. The molecule has 2 heterocycles. The molecule has 1 aromatic carbocycles. The molecule has 3 nitrogen and oxygen atoms in total. The van der Waals surface area contributed by atoms with E-state index in [9.17, 15) is 0 Å². The van der Waals surface area contributed by atoms with E-state index in [1.807, 2.05) is 0 Å². The number of hydrogen-bond donors (Lipinski definition) is 1. The second kappa shape index (κ2) is 5.98. The van der Waals surface area contributed by atoms with Gasteiger partial charge in [0.05, 0.1) is 11.7 Å². The van der Waals surface area contributed by atoms with Gasteiger partial charge in [0, 0.05) is 24.8 Å². The lowest BCUT2D eigenvalue weighted by atomic mass is 9.96. The van der Waals surface area contributed by atoms with Crippen LogP contribution in [0.1, 0.15) is 51.6 Å². The number of ether oxygens (including phenoxy) is 1. The van der Waals surface area contributed by atoms with Gasteiger partial charge in [0.25, 0.3) is 0 Å². The molecule has 0 radical (unpaired) electrons. The van der Waals surface area contributed by atoms with Crippen molar-refractivity contribution in [2.24, 2.45) is 0 Å².